The number of nitrogens with zero attached hydrogens (tertiary/aromatic N) is 12. The second-order valence-electron chi connectivity index (χ2n) is 28.4. The fourth-order valence-corrected chi connectivity index (χ4v) is 16.1. The van der Waals surface area contributed by atoms with Gasteiger partial charge in [-0.1, -0.05) is 230 Å². The zero-order valence-electron chi connectivity index (χ0n) is 63.9. The van der Waals surface area contributed by atoms with E-state index in [-0.39, 0.29) is 60.3 Å². The van der Waals surface area contributed by atoms with Crippen molar-refractivity contribution < 1.29 is 60.3 Å². The molecule has 0 atom stereocenters. The Morgan fingerprint density at radius 1 is 0.207 bits per heavy atom. The van der Waals surface area contributed by atoms with E-state index in [0.29, 0.717) is 0 Å². The van der Waals surface area contributed by atoms with Gasteiger partial charge < -0.3 is 27.4 Å². The van der Waals surface area contributed by atoms with Gasteiger partial charge in [0, 0.05) is 159 Å². The van der Waals surface area contributed by atoms with Gasteiger partial charge in [0.05, 0.1) is 17.5 Å². The van der Waals surface area contributed by atoms with Crippen molar-refractivity contribution in [2.24, 2.45) is 0 Å². The van der Waals surface area contributed by atoms with Gasteiger partial charge >= 0.3 is 0 Å². The van der Waals surface area contributed by atoms with Gasteiger partial charge in [0.25, 0.3) is 0 Å². The van der Waals surface area contributed by atoms with Crippen molar-refractivity contribution in [3.63, 3.8) is 0 Å². The van der Waals surface area contributed by atoms with Crippen LogP contribution in [0.3, 0.4) is 0 Å². The minimum Gasteiger partial charge on any atom is -0.351 e. The minimum absolute atomic E-state index is 0. The van der Waals surface area contributed by atoms with Crippen LogP contribution in [0.15, 0.2) is 352 Å². The summed E-state index contributed by atoms with van der Waals surface area (Å²) in [6, 6.07) is 133. The van der Waals surface area contributed by atoms with Crippen molar-refractivity contribution in [3.8, 4) is 102 Å². The zero-order chi connectivity index (χ0) is 76.0. The first-order chi connectivity index (χ1) is 55.7. The van der Waals surface area contributed by atoms with Gasteiger partial charge in [-0.15, -0.1) is 105 Å². The molecule has 0 amide bonds. The summed E-state index contributed by atoms with van der Waals surface area (Å²) in [5, 5.41) is 35.5. The van der Waals surface area contributed by atoms with Crippen LogP contribution in [0.1, 0.15) is 27.8 Å². The summed E-state index contributed by atoms with van der Waals surface area (Å²) in [5.41, 5.74) is 25.1. The maximum atomic E-state index is 4.70. The van der Waals surface area contributed by atoms with Crippen LogP contribution in [0.4, 0.5) is 0 Å². The monoisotopic (exact) mass is 2030 g/mol. The summed E-state index contributed by atoms with van der Waals surface area (Å²) in [7, 11) is 0. The number of rotatable bonds is 12. The molecule has 15 heteroatoms. The summed E-state index contributed by atoms with van der Waals surface area (Å²) in [6.07, 6.45) is 0. The maximum absolute atomic E-state index is 4.70. The summed E-state index contributed by atoms with van der Waals surface area (Å²) >= 11 is 0. The molecular formula is C101H73Ir3N12-3. The molecule has 21 rings (SSSR count). The number of fused-ring (bicyclic) bond motifs is 9. The molecule has 0 saturated heterocycles. The molecule has 567 valence electrons. The number of aromatic nitrogens is 12. The first-order valence-electron chi connectivity index (χ1n) is 37.9. The molecule has 0 aliphatic heterocycles. The Labute approximate surface area is 712 Å². The van der Waals surface area contributed by atoms with Crippen LogP contribution in [0, 0.1) is 52.8 Å². The average Bonchev–Trinajstić information content (AvgIpc) is 1.60. The van der Waals surface area contributed by atoms with Gasteiger partial charge in [-0.05, 0) is 147 Å². The Morgan fingerprint density at radius 3 is 0.802 bits per heavy atom. The Hall–Kier alpha value is -12.9. The standard InChI is InChI=1S/2C34H25N4.C33H23N4.3Ir/c1-23-11-10-12-24(2)32(23)34-36-35-33(38(34)26-13-4-3-5-14-26)25-19-21-27(22-20-25)37-30-17-8-6-15-28(30)29-16-7-9-18-31(29)37;1-23-16-21-28(24(2)22-23)34-36-35-33(38(34)26-10-4-3-5-11-26)25-17-19-27(20-18-25)37-31-14-8-6-12-29(31)30-13-7-9-15-32(30)37;1-23-11-5-6-14-27(23)33-35-34-32(37(33)25-12-3-2-4-13-25)24-19-21-26(22-20-24)36-30-17-9-7-15-28(30)29-16-8-10-18-31(29)36;;;/h3-19,21-22H,1-2H3;3-17,19-22H,1-2H3;2-19,21-22H,1H3;;;/q3*-1;;;. The van der Waals surface area contributed by atoms with Crippen molar-refractivity contribution in [2.45, 2.75) is 34.6 Å². The third-order valence-electron chi connectivity index (χ3n) is 21.4. The van der Waals surface area contributed by atoms with Crippen LogP contribution >= 0.6 is 0 Å². The normalized spacial score (nSPS) is 11.1. The number of hydrogen-bond donors (Lipinski definition) is 0. The van der Waals surface area contributed by atoms with E-state index >= 15 is 0 Å². The minimum atomic E-state index is 0. The first-order valence-corrected chi connectivity index (χ1v) is 37.9. The van der Waals surface area contributed by atoms with Crippen molar-refractivity contribution in [3.05, 3.63) is 398 Å². The smallest absolute Gasteiger partial charge is 0.159 e. The molecule has 116 heavy (non-hydrogen) atoms. The second-order valence-corrected chi connectivity index (χ2v) is 28.4. The molecule has 0 aliphatic rings. The van der Waals surface area contributed by atoms with E-state index in [1.165, 1.54) is 87.7 Å². The topological polar surface area (TPSA) is 107 Å². The molecule has 0 unspecified atom stereocenters. The Kier molecular flexibility index (Phi) is 22.1. The summed E-state index contributed by atoms with van der Waals surface area (Å²) < 4.78 is 13.3. The Bertz CT molecular complexity index is 6920. The number of hydrogen-bond acceptors (Lipinski definition) is 6. The zero-order valence-corrected chi connectivity index (χ0v) is 71.0. The van der Waals surface area contributed by atoms with Crippen LogP contribution in [0.5, 0.6) is 0 Å². The van der Waals surface area contributed by atoms with E-state index < -0.39 is 0 Å². The van der Waals surface area contributed by atoms with Crippen molar-refractivity contribution in [1.29, 1.82) is 0 Å². The predicted octanol–water partition coefficient (Wildman–Crippen LogP) is 24.0. The van der Waals surface area contributed by atoms with Gasteiger partial charge in [-0.3, -0.25) is 0 Å². The molecule has 0 N–H and O–H groups in total. The molecule has 21 aromatic rings. The van der Waals surface area contributed by atoms with Gasteiger partial charge in [-0.2, -0.15) is 15.3 Å². The van der Waals surface area contributed by atoms with E-state index in [9.17, 15) is 0 Å². The van der Waals surface area contributed by atoms with E-state index in [1.807, 2.05) is 72.8 Å². The van der Waals surface area contributed by atoms with E-state index in [0.717, 1.165) is 108 Å². The summed E-state index contributed by atoms with van der Waals surface area (Å²) in [5.74, 6) is 4.77. The molecule has 6 aromatic heterocycles. The molecule has 3 radical (unpaired) electrons. The molecule has 0 saturated carbocycles. The number of benzene rings is 15. The molecule has 12 nitrogen and oxygen atoms in total. The van der Waals surface area contributed by atoms with Crippen molar-refractivity contribution in [1.82, 2.24) is 58.0 Å². The van der Waals surface area contributed by atoms with Crippen LogP contribution in [0.2, 0.25) is 0 Å². The quantitative estimate of drug-likeness (QED) is 0.113. The third kappa shape index (κ3) is 14.1. The van der Waals surface area contributed by atoms with E-state index in [2.05, 4.69) is 385 Å². The van der Waals surface area contributed by atoms with Crippen LogP contribution in [0.25, 0.3) is 168 Å². The number of para-hydroxylation sites is 9. The fourth-order valence-electron chi connectivity index (χ4n) is 16.1. The number of aryl methyl sites for hydroxylation is 5. The molecule has 0 fully saturated rings. The fraction of sp³-hybridized carbons (Fsp3) is 0.0495. The summed E-state index contributed by atoms with van der Waals surface area (Å²) in [4.78, 5) is 0. The van der Waals surface area contributed by atoms with Crippen LogP contribution < -0.4 is 0 Å². The molecular weight excluding hydrogens is 1960 g/mol. The molecule has 15 aromatic carbocycles. The van der Waals surface area contributed by atoms with Gasteiger partial charge in [0.2, 0.25) is 0 Å². The summed E-state index contributed by atoms with van der Waals surface area (Å²) in [6.45, 7) is 10.6. The van der Waals surface area contributed by atoms with Crippen molar-refractivity contribution in [2.75, 3.05) is 0 Å². The predicted molar refractivity (Wildman–Crippen MR) is 460 cm³/mol. The van der Waals surface area contributed by atoms with Crippen LogP contribution in [-0.4, -0.2) is 58.0 Å². The Balaban J connectivity index is 0.000000129. The molecule has 0 spiro atoms. The van der Waals surface area contributed by atoms with E-state index in [4.69, 9.17) is 5.10 Å². The van der Waals surface area contributed by atoms with Gasteiger partial charge in [-0.25, -0.2) is 0 Å². The van der Waals surface area contributed by atoms with Crippen LogP contribution in [-0.2, 0) is 60.3 Å². The largest absolute Gasteiger partial charge is 0.351 e. The maximum Gasteiger partial charge on any atom is 0.159 e. The molecule has 0 aliphatic carbocycles. The van der Waals surface area contributed by atoms with Gasteiger partial charge in [0.1, 0.15) is 0 Å². The molecule has 6 heterocycles. The molecule has 0 bridgehead atoms. The Morgan fingerprint density at radius 2 is 0.483 bits per heavy atom. The first kappa shape index (κ1) is 77.0. The van der Waals surface area contributed by atoms with Crippen molar-refractivity contribution >= 4 is 65.4 Å². The average molecular weight is 2030 g/mol. The third-order valence-corrected chi connectivity index (χ3v) is 21.4. The van der Waals surface area contributed by atoms with E-state index in [1.54, 1.807) is 0 Å². The van der Waals surface area contributed by atoms with Gasteiger partial charge in [0.15, 0.2) is 17.5 Å². The second kappa shape index (κ2) is 33.3. The SMILES string of the molecule is Cc1ccc(-c2nnc(-c3[c-]cc(-n4c5ccccc5c5ccccc54)cc3)n2-c2ccccc2)c(C)c1.Cc1cccc(C)c1-c1nnc(-c2[c-]cc(-n3c4ccccc4c4ccccc43)cc2)n1-c1ccccc1.Cc1ccccc1-c1nnc(-c2[c-]cc(-n3c4ccccc4c4ccccc43)cc2)n1-c1ccccc1.[Ir].[Ir].[Ir].